The van der Waals surface area contributed by atoms with Crippen molar-refractivity contribution >= 4 is 34.3 Å². The summed E-state index contributed by atoms with van der Waals surface area (Å²) in [5.74, 6) is 0.600. The number of hydrogen-bond donors (Lipinski definition) is 1. The molecule has 0 radical (unpaired) electrons. The molecule has 1 aromatic carbocycles. The van der Waals surface area contributed by atoms with E-state index in [1.54, 1.807) is 22.9 Å². The van der Waals surface area contributed by atoms with Crippen molar-refractivity contribution in [2.75, 3.05) is 6.54 Å². The first kappa shape index (κ1) is 15.8. The Balaban J connectivity index is 1.27. The molecule has 0 unspecified atom stereocenters. The number of benzene rings is 1. The van der Waals surface area contributed by atoms with Crippen LogP contribution in [0.4, 0.5) is 0 Å². The number of fused-ring (bicyclic) bond motifs is 2. The highest BCUT2D eigenvalue weighted by atomic mass is 32.1. The first-order valence-corrected chi connectivity index (χ1v) is 9.10. The molecule has 1 amide bonds. The van der Waals surface area contributed by atoms with Gasteiger partial charge in [0.2, 0.25) is 0 Å². The molecule has 0 bridgehead atoms. The van der Waals surface area contributed by atoms with Gasteiger partial charge in [-0.05, 0) is 30.3 Å². The Labute approximate surface area is 157 Å². The van der Waals surface area contributed by atoms with Crippen LogP contribution in [0.2, 0.25) is 0 Å². The molecule has 0 aliphatic heterocycles. The molecule has 8 nitrogen and oxygen atoms in total. The average molecular weight is 378 g/mol. The van der Waals surface area contributed by atoms with Crippen molar-refractivity contribution in [3.63, 3.8) is 0 Å². The predicted octanol–water partition coefficient (Wildman–Crippen LogP) is 2.83. The van der Waals surface area contributed by atoms with Crippen molar-refractivity contribution in [1.82, 2.24) is 28.2 Å². The van der Waals surface area contributed by atoms with Gasteiger partial charge in [-0.25, -0.2) is 4.52 Å². The molecular formula is C18H14N6O2S. The van der Waals surface area contributed by atoms with Crippen LogP contribution in [0.1, 0.15) is 10.4 Å². The number of carbonyl (C=O) groups excluding carboxylic acids is 1. The molecule has 0 aliphatic rings. The number of imidazole rings is 1. The minimum absolute atomic E-state index is 0.127. The number of rotatable bonds is 5. The van der Waals surface area contributed by atoms with E-state index in [1.807, 2.05) is 41.2 Å². The van der Waals surface area contributed by atoms with E-state index in [2.05, 4.69) is 19.2 Å². The van der Waals surface area contributed by atoms with Gasteiger partial charge in [-0.3, -0.25) is 4.79 Å². The number of amides is 1. The zero-order valence-corrected chi connectivity index (χ0v) is 14.9. The molecule has 1 N–H and O–H groups in total. The van der Waals surface area contributed by atoms with Crippen LogP contribution < -0.4 is 5.32 Å². The lowest BCUT2D eigenvalue weighted by molar-refractivity contribution is 0.0952. The summed E-state index contributed by atoms with van der Waals surface area (Å²) in [5, 5.41) is 7.43. The number of nitrogens with zero attached hydrogens (tertiary/aromatic N) is 5. The van der Waals surface area contributed by atoms with Crippen molar-refractivity contribution in [2.24, 2.45) is 0 Å². The fourth-order valence-electron chi connectivity index (χ4n) is 2.98. The molecular weight excluding hydrogens is 364 g/mol. The van der Waals surface area contributed by atoms with Gasteiger partial charge in [0.25, 0.3) is 5.91 Å². The second kappa shape index (κ2) is 6.36. The van der Waals surface area contributed by atoms with Crippen LogP contribution in [0.25, 0.3) is 28.1 Å². The Morgan fingerprint density at radius 1 is 1.15 bits per heavy atom. The normalized spacial score (nSPS) is 11.4. The van der Waals surface area contributed by atoms with E-state index < -0.39 is 0 Å². The predicted molar refractivity (Wildman–Crippen MR) is 101 cm³/mol. The minimum atomic E-state index is -0.127. The van der Waals surface area contributed by atoms with Crippen molar-refractivity contribution < 1.29 is 9.21 Å². The number of aromatic nitrogens is 5. The third-order valence-corrected chi connectivity index (χ3v) is 4.88. The highest BCUT2D eigenvalue weighted by Gasteiger charge is 2.11. The van der Waals surface area contributed by atoms with Crippen LogP contribution in [0, 0.1) is 0 Å². The lowest BCUT2D eigenvalue weighted by atomic mass is 10.2. The highest BCUT2D eigenvalue weighted by molar-refractivity contribution is 7.00. The second-order valence-electron chi connectivity index (χ2n) is 6.02. The maximum Gasteiger partial charge on any atom is 0.251 e. The number of carbonyl (C=O) groups is 1. The van der Waals surface area contributed by atoms with Crippen LogP contribution >= 0.6 is 11.7 Å². The van der Waals surface area contributed by atoms with Gasteiger partial charge in [0.05, 0.1) is 18.0 Å². The van der Waals surface area contributed by atoms with E-state index in [4.69, 9.17) is 4.42 Å². The topological polar surface area (TPSA) is 90.2 Å². The summed E-state index contributed by atoms with van der Waals surface area (Å²) in [5.41, 5.74) is 3.84. The van der Waals surface area contributed by atoms with Crippen LogP contribution in [0.3, 0.4) is 0 Å². The lowest BCUT2D eigenvalue weighted by Crippen LogP contribution is -2.27. The standard InChI is InChI=1S/C18H14N6O2S/c25-18(12-3-4-13-14(10-12)22-27-21-13)19-5-6-23-7-8-24-17(23)11-15(20-24)16-2-1-9-26-16/h1-4,7-11H,5-6H2,(H,19,25). The third kappa shape index (κ3) is 2.87. The Kier molecular flexibility index (Phi) is 3.72. The zero-order valence-electron chi connectivity index (χ0n) is 14.1. The summed E-state index contributed by atoms with van der Waals surface area (Å²) in [4.78, 5) is 12.4. The fourth-order valence-corrected chi connectivity index (χ4v) is 3.50. The SMILES string of the molecule is O=C(NCCn1ccn2nc(-c3ccco3)cc12)c1ccc2nsnc2c1. The average Bonchev–Trinajstić information content (AvgIpc) is 3.44. The van der Waals surface area contributed by atoms with Gasteiger partial charge in [0.1, 0.15) is 22.4 Å². The Morgan fingerprint density at radius 2 is 2.07 bits per heavy atom. The Hall–Kier alpha value is -3.46. The Morgan fingerprint density at radius 3 is 2.96 bits per heavy atom. The maximum absolute atomic E-state index is 12.4. The third-order valence-electron chi connectivity index (χ3n) is 4.33. The molecule has 0 fully saturated rings. The largest absolute Gasteiger partial charge is 0.463 e. The van der Waals surface area contributed by atoms with E-state index in [9.17, 15) is 4.79 Å². The smallest absolute Gasteiger partial charge is 0.251 e. The highest BCUT2D eigenvalue weighted by Crippen LogP contribution is 2.20. The van der Waals surface area contributed by atoms with Crippen molar-refractivity contribution in [3.8, 4) is 11.5 Å². The molecule has 0 saturated carbocycles. The number of hydrogen-bond acceptors (Lipinski definition) is 6. The van der Waals surface area contributed by atoms with Gasteiger partial charge >= 0.3 is 0 Å². The van der Waals surface area contributed by atoms with E-state index >= 15 is 0 Å². The van der Waals surface area contributed by atoms with Gasteiger partial charge in [0, 0.05) is 37.1 Å². The summed E-state index contributed by atoms with van der Waals surface area (Å²) in [6.07, 6.45) is 5.45. The van der Waals surface area contributed by atoms with E-state index in [-0.39, 0.29) is 5.91 Å². The summed E-state index contributed by atoms with van der Waals surface area (Å²) >= 11 is 1.14. The number of nitrogens with one attached hydrogen (secondary N) is 1. The molecule has 4 aromatic heterocycles. The Bertz CT molecular complexity index is 1230. The monoisotopic (exact) mass is 378 g/mol. The van der Waals surface area contributed by atoms with Gasteiger partial charge in [-0.2, -0.15) is 13.8 Å². The maximum atomic E-state index is 12.4. The quantitative estimate of drug-likeness (QED) is 0.508. The minimum Gasteiger partial charge on any atom is -0.463 e. The van der Waals surface area contributed by atoms with Crippen LogP contribution in [0.15, 0.2) is 59.5 Å². The molecule has 0 atom stereocenters. The molecule has 27 heavy (non-hydrogen) atoms. The lowest BCUT2D eigenvalue weighted by Gasteiger charge is -2.06. The second-order valence-corrected chi connectivity index (χ2v) is 6.55. The molecule has 9 heteroatoms. The zero-order chi connectivity index (χ0) is 18.2. The van der Waals surface area contributed by atoms with Crippen LogP contribution in [-0.2, 0) is 6.54 Å². The molecule has 5 rings (SSSR count). The van der Waals surface area contributed by atoms with E-state index in [0.717, 1.165) is 39.9 Å². The van der Waals surface area contributed by atoms with Crippen molar-refractivity contribution in [3.05, 3.63) is 60.6 Å². The van der Waals surface area contributed by atoms with Gasteiger partial charge in [-0.15, -0.1) is 0 Å². The van der Waals surface area contributed by atoms with E-state index in [0.29, 0.717) is 18.7 Å². The summed E-state index contributed by atoms with van der Waals surface area (Å²) in [7, 11) is 0. The molecule has 0 saturated heterocycles. The number of furan rings is 1. The molecule has 0 spiro atoms. The van der Waals surface area contributed by atoms with Crippen molar-refractivity contribution in [1.29, 1.82) is 0 Å². The molecule has 4 heterocycles. The first-order chi connectivity index (χ1) is 13.3. The summed E-state index contributed by atoms with van der Waals surface area (Å²) in [6.45, 7) is 1.13. The van der Waals surface area contributed by atoms with Gasteiger partial charge in [0.15, 0.2) is 5.76 Å². The molecule has 5 aromatic rings. The first-order valence-electron chi connectivity index (χ1n) is 8.37. The fraction of sp³-hybridized carbons (Fsp3) is 0.111. The van der Waals surface area contributed by atoms with Gasteiger partial charge in [-0.1, -0.05) is 0 Å². The molecule has 134 valence electrons. The van der Waals surface area contributed by atoms with Crippen LogP contribution in [0.5, 0.6) is 0 Å². The van der Waals surface area contributed by atoms with Crippen molar-refractivity contribution in [2.45, 2.75) is 6.54 Å². The van der Waals surface area contributed by atoms with Crippen LogP contribution in [-0.4, -0.2) is 35.4 Å². The summed E-state index contributed by atoms with van der Waals surface area (Å²) in [6, 6.07) is 11.0. The van der Waals surface area contributed by atoms with E-state index in [1.165, 1.54) is 0 Å². The summed E-state index contributed by atoms with van der Waals surface area (Å²) < 4.78 is 17.5. The molecule has 0 aliphatic carbocycles. The van der Waals surface area contributed by atoms with Gasteiger partial charge < -0.3 is 14.3 Å².